The highest BCUT2D eigenvalue weighted by Gasteiger charge is 2.16. The lowest BCUT2D eigenvalue weighted by Gasteiger charge is -2.04. The molecule has 0 unspecified atom stereocenters. The molecule has 106 valence electrons. The molecule has 0 saturated heterocycles. The van der Waals surface area contributed by atoms with Crippen molar-refractivity contribution in [3.05, 3.63) is 34.7 Å². The number of thiazole rings is 1. The van der Waals surface area contributed by atoms with E-state index < -0.39 is 5.97 Å². The highest BCUT2D eigenvalue weighted by molar-refractivity contribution is 7.17. The fraction of sp³-hybridized carbons (Fsp3) is 0.231. The van der Waals surface area contributed by atoms with E-state index in [-0.39, 0.29) is 5.82 Å². The zero-order chi connectivity index (χ0) is 14.5. The molecule has 0 spiro atoms. The topological polar surface area (TPSA) is 86.5 Å². The zero-order valence-electron chi connectivity index (χ0n) is 11.2. The largest absolute Gasteiger partial charge is 0.497 e. The molecule has 0 aliphatic heterocycles. The summed E-state index contributed by atoms with van der Waals surface area (Å²) in [5, 5.41) is 3.70. The van der Waals surface area contributed by atoms with Crippen LogP contribution in [0.2, 0.25) is 0 Å². The Morgan fingerprint density at radius 1 is 1.35 bits per heavy atom. The molecule has 7 heteroatoms. The van der Waals surface area contributed by atoms with Crippen LogP contribution in [0.5, 0.6) is 5.75 Å². The SMILES string of the molecule is COC(=O)c1sc(NCc2ccc(OC)cc2)nc1N. The average Bonchev–Trinajstić information content (AvgIpc) is 2.86. The van der Waals surface area contributed by atoms with Crippen LogP contribution in [-0.4, -0.2) is 25.2 Å². The molecule has 1 heterocycles. The van der Waals surface area contributed by atoms with Crippen LogP contribution in [0.3, 0.4) is 0 Å². The Kier molecular flexibility index (Phi) is 4.41. The van der Waals surface area contributed by atoms with Gasteiger partial charge in [0.25, 0.3) is 0 Å². The van der Waals surface area contributed by atoms with E-state index in [9.17, 15) is 4.79 Å². The lowest BCUT2D eigenvalue weighted by molar-refractivity contribution is 0.0607. The van der Waals surface area contributed by atoms with E-state index in [1.807, 2.05) is 24.3 Å². The summed E-state index contributed by atoms with van der Waals surface area (Å²) in [6.45, 7) is 0.581. The first-order valence-corrected chi connectivity index (χ1v) is 6.67. The van der Waals surface area contributed by atoms with Gasteiger partial charge in [-0.3, -0.25) is 0 Å². The summed E-state index contributed by atoms with van der Waals surface area (Å²) < 4.78 is 9.72. The normalized spacial score (nSPS) is 10.1. The van der Waals surface area contributed by atoms with Crippen molar-refractivity contribution >= 4 is 28.3 Å². The molecule has 0 aliphatic rings. The third-order valence-corrected chi connectivity index (χ3v) is 3.64. The van der Waals surface area contributed by atoms with Crippen molar-refractivity contribution < 1.29 is 14.3 Å². The minimum Gasteiger partial charge on any atom is -0.497 e. The van der Waals surface area contributed by atoms with E-state index in [2.05, 4.69) is 15.0 Å². The molecule has 0 fully saturated rings. The predicted molar refractivity (Wildman–Crippen MR) is 78.2 cm³/mol. The number of benzene rings is 1. The number of nitrogens with one attached hydrogen (secondary N) is 1. The maximum absolute atomic E-state index is 11.4. The molecule has 0 amide bonds. The molecule has 20 heavy (non-hydrogen) atoms. The number of hydrogen-bond acceptors (Lipinski definition) is 7. The number of nitrogens with two attached hydrogens (primary N) is 1. The number of carbonyl (C=O) groups excluding carboxylic acids is 1. The lowest BCUT2D eigenvalue weighted by atomic mass is 10.2. The molecular formula is C13H15N3O3S. The van der Waals surface area contributed by atoms with E-state index in [0.29, 0.717) is 16.6 Å². The number of nitrogens with zero attached hydrogens (tertiary/aromatic N) is 1. The molecular weight excluding hydrogens is 278 g/mol. The predicted octanol–water partition coefficient (Wildman–Crippen LogP) is 2.13. The molecule has 2 aromatic rings. The highest BCUT2D eigenvalue weighted by Crippen LogP contribution is 2.26. The summed E-state index contributed by atoms with van der Waals surface area (Å²) >= 11 is 1.17. The lowest BCUT2D eigenvalue weighted by Crippen LogP contribution is -2.02. The first-order valence-electron chi connectivity index (χ1n) is 5.85. The molecule has 1 aromatic heterocycles. The Balaban J connectivity index is 2.01. The number of esters is 1. The van der Waals surface area contributed by atoms with Gasteiger partial charge in [-0.25, -0.2) is 9.78 Å². The molecule has 1 aromatic carbocycles. The van der Waals surface area contributed by atoms with Gasteiger partial charge in [0, 0.05) is 6.54 Å². The standard InChI is InChI=1S/C13H15N3O3S/c1-18-9-5-3-8(4-6-9)7-15-13-16-11(14)10(20-13)12(17)19-2/h3-6H,7,14H2,1-2H3,(H,15,16). The van der Waals surface area contributed by atoms with Gasteiger partial charge in [0.2, 0.25) is 0 Å². The van der Waals surface area contributed by atoms with Crippen LogP contribution in [-0.2, 0) is 11.3 Å². The molecule has 2 rings (SSSR count). The van der Waals surface area contributed by atoms with Gasteiger partial charge in [-0.05, 0) is 17.7 Å². The number of hydrogen-bond donors (Lipinski definition) is 2. The summed E-state index contributed by atoms with van der Waals surface area (Å²) in [6.07, 6.45) is 0. The number of aromatic nitrogens is 1. The van der Waals surface area contributed by atoms with E-state index in [1.54, 1.807) is 7.11 Å². The van der Waals surface area contributed by atoms with Gasteiger partial charge in [0.1, 0.15) is 5.75 Å². The van der Waals surface area contributed by atoms with Gasteiger partial charge >= 0.3 is 5.97 Å². The number of nitrogen functional groups attached to an aromatic ring is 1. The van der Waals surface area contributed by atoms with Crippen molar-refractivity contribution in [3.8, 4) is 5.75 Å². The Morgan fingerprint density at radius 2 is 2.05 bits per heavy atom. The van der Waals surface area contributed by atoms with E-state index >= 15 is 0 Å². The number of rotatable bonds is 5. The smallest absolute Gasteiger partial charge is 0.351 e. The van der Waals surface area contributed by atoms with E-state index in [0.717, 1.165) is 11.3 Å². The van der Waals surface area contributed by atoms with E-state index in [1.165, 1.54) is 18.4 Å². The molecule has 0 aliphatic carbocycles. The van der Waals surface area contributed by atoms with Crippen LogP contribution >= 0.6 is 11.3 Å². The quantitative estimate of drug-likeness (QED) is 0.821. The Hall–Kier alpha value is -2.28. The zero-order valence-corrected chi connectivity index (χ0v) is 12.0. The summed E-state index contributed by atoms with van der Waals surface area (Å²) in [6, 6.07) is 7.66. The number of carbonyl (C=O) groups is 1. The second-order valence-electron chi connectivity index (χ2n) is 3.93. The maximum atomic E-state index is 11.4. The van der Waals surface area contributed by atoms with Gasteiger partial charge in [0.05, 0.1) is 14.2 Å². The van der Waals surface area contributed by atoms with Crippen molar-refractivity contribution in [1.82, 2.24) is 4.98 Å². The summed E-state index contributed by atoms with van der Waals surface area (Å²) in [7, 11) is 2.94. The van der Waals surface area contributed by atoms with Crippen LogP contribution in [0.25, 0.3) is 0 Å². The number of ether oxygens (including phenoxy) is 2. The summed E-state index contributed by atoms with van der Waals surface area (Å²) in [4.78, 5) is 15.8. The monoisotopic (exact) mass is 293 g/mol. The van der Waals surface area contributed by atoms with Crippen molar-refractivity contribution in [2.75, 3.05) is 25.3 Å². The van der Waals surface area contributed by atoms with Gasteiger partial charge < -0.3 is 20.5 Å². The first kappa shape index (κ1) is 14.1. The fourth-order valence-electron chi connectivity index (χ4n) is 1.57. The van der Waals surface area contributed by atoms with Gasteiger partial charge in [-0.1, -0.05) is 23.5 Å². The third kappa shape index (κ3) is 3.18. The number of methoxy groups -OCH3 is 2. The van der Waals surface area contributed by atoms with E-state index in [4.69, 9.17) is 10.5 Å². The third-order valence-electron chi connectivity index (χ3n) is 2.63. The summed E-state index contributed by atoms with van der Waals surface area (Å²) in [5.74, 6) is 0.511. The fourth-order valence-corrected chi connectivity index (χ4v) is 2.37. The van der Waals surface area contributed by atoms with Crippen molar-refractivity contribution in [2.45, 2.75) is 6.54 Å². The van der Waals surface area contributed by atoms with Crippen molar-refractivity contribution in [3.63, 3.8) is 0 Å². The van der Waals surface area contributed by atoms with Crippen molar-refractivity contribution in [1.29, 1.82) is 0 Å². The molecule has 0 bridgehead atoms. The molecule has 0 atom stereocenters. The first-order chi connectivity index (χ1) is 9.63. The van der Waals surface area contributed by atoms with Gasteiger partial charge in [-0.15, -0.1) is 0 Å². The molecule has 0 radical (unpaired) electrons. The van der Waals surface area contributed by atoms with Gasteiger partial charge in [0.15, 0.2) is 15.8 Å². The van der Waals surface area contributed by atoms with Gasteiger partial charge in [-0.2, -0.15) is 0 Å². The average molecular weight is 293 g/mol. The van der Waals surface area contributed by atoms with Crippen LogP contribution < -0.4 is 15.8 Å². The second-order valence-corrected chi connectivity index (χ2v) is 4.93. The summed E-state index contributed by atoms with van der Waals surface area (Å²) in [5.41, 5.74) is 6.74. The Bertz CT molecular complexity index is 595. The maximum Gasteiger partial charge on any atom is 0.351 e. The second kappa shape index (κ2) is 6.25. The van der Waals surface area contributed by atoms with Crippen LogP contribution in [0.4, 0.5) is 10.9 Å². The number of anilines is 2. The Morgan fingerprint density at radius 3 is 2.65 bits per heavy atom. The molecule has 3 N–H and O–H groups in total. The minimum absolute atomic E-state index is 0.180. The van der Waals surface area contributed by atoms with Crippen LogP contribution in [0.15, 0.2) is 24.3 Å². The van der Waals surface area contributed by atoms with Crippen molar-refractivity contribution in [2.24, 2.45) is 0 Å². The molecule has 0 saturated carbocycles. The van der Waals surface area contributed by atoms with Crippen LogP contribution in [0.1, 0.15) is 15.2 Å². The highest BCUT2D eigenvalue weighted by atomic mass is 32.1. The Labute approximate surface area is 120 Å². The molecule has 6 nitrogen and oxygen atoms in total. The minimum atomic E-state index is -0.475. The van der Waals surface area contributed by atoms with Crippen LogP contribution in [0, 0.1) is 0 Å².